The molecule has 4 heteroatoms. The van der Waals surface area contributed by atoms with Crippen molar-refractivity contribution in [3.05, 3.63) is 64.7 Å². The molecule has 0 saturated carbocycles. The molecule has 0 spiro atoms. The van der Waals surface area contributed by atoms with Gasteiger partial charge in [-0.2, -0.15) is 0 Å². The lowest BCUT2D eigenvalue weighted by Crippen LogP contribution is -2.30. The van der Waals surface area contributed by atoms with Crippen LogP contribution in [0, 0.1) is 0 Å². The highest BCUT2D eigenvalue weighted by Crippen LogP contribution is 2.36. The number of nitrogens with two attached hydrogens (primary N) is 1. The third-order valence-electron chi connectivity index (χ3n) is 4.50. The van der Waals surface area contributed by atoms with Gasteiger partial charge < -0.3 is 10.6 Å². The molecule has 3 rings (SSSR count). The Hall–Kier alpha value is -2.00. The average Bonchev–Trinajstić information content (AvgIpc) is 3.04. The SMILES string of the molecule is Nc1ccccc1CCC(=O)N1CCCC1c1ccccc1Cl. The number of nitrogens with zero attached hydrogens (tertiary/aromatic N) is 1. The van der Waals surface area contributed by atoms with E-state index in [9.17, 15) is 4.79 Å². The maximum absolute atomic E-state index is 12.7. The van der Waals surface area contributed by atoms with Gasteiger partial charge in [0, 0.05) is 23.7 Å². The molecule has 1 amide bonds. The van der Waals surface area contributed by atoms with Crippen LogP contribution in [-0.4, -0.2) is 17.4 Å². The van der Waals surface area contributed by atoms with Crippen LogP contribution in [0.25, 0.3) is 0 Å². The van der Waals surface area contributed by atoms with E-state index in [1.165, 1.54) is 0 Å². The highest BCUT2D eigenvalue weighted by Gasteiger charge is 2.30. The van der Waals surface area contributed by atoms with Crippen molar-refractivity contribution in [1.29, 1.82) is 0 Å². The fourth-order valence-corrected chi connectivity index (χ4v) is 3.54. The Balaban J connectivity index is 1.69. The van der Waals surface area contributed by atoms with E-state index in [1.807, 2.05) is 53.4 Å². The Bertz CT molecular complexity index is 701. The molecule has 2 N–H and O–H groups in total. The van der Waals surface area contributed by atoms with E-state index < -0.39 is 0 Å². The Kier molecular flexibility index (Phi) is 4.87. The molecule has 0 aliphatic carbocycles. The van der Waals surface area contributed by atoms with Gasteiger partial charge in [0.2, 0.25) is 5.91 Å². The highest BCUT2D eigenvalue weighted by atomic mass is 35.5. The molecule has 120 valence electrons. The van der Waals surface area contributed by atoms with Gasteiger partial charge in [-0.15, -0.1) is 0 Å². The molecule has 1 atom stereocenters. The second-order valence-electron chi connectivity index (χ2n) is 5.97. The summed E-state index contributed by atoms with van der Waals surface area (Å²) in [7, 11) is 0. The van der Waals surface area contributed by atoms with Gasteiger partial charge >= 0.3 is 0 Å². The Morgan fingerprint density at radius 1 is 1.17 bits per heavy atom. The third-order valence-corrected chi connectivity index (χ3v) is 4.84. The topological polar surface area (TPSA) is 46.3 Å². The minimum atomic E-state index is 0.101. The van der Waals surface area contributed by atoms with Crippen molar-refractivity contribution in [2.75, 3.05) is 12.3 Å². The summed E-state index contributed by atoms with van der Waals surface area (Å²) in [5.74, 6) is 0.177. The van der Waals surface area contributed by atoms with Crippen LogP contribution in [-0.2, 0) is 11.2 Å². The van der Waals surface area contributed by atoms with Crippen molar-refractivity contribution < 1.29 is 4.79 Å². The quantitative estimate of drug-likeness (QED) is 0.854. The average molecular weight is 329 g/mol. The largest absolute Gasteiger partial charge is 0.399 e. The summed E-state index contributed by atoms with van der Waals surface area (Å²) in [6, 6.07) is 15.6. The molecule has 1 aliphatic heterocycles. The Morgan fingerprint density at radius 3 is 2.70 bits per heavy atom. The number of carbonyl (C=O) groups is 1. The van der Waals surface area contributed by atoms with Gasteiger partial charge in [0.05, 0.1) is 6.04 Å². The lowest BCUT2D eigenvalue weighted by molar-refractivity contribution is -0.132. The number of benzene rings is 2. The van der Waals surface area contributed by atoms with E-state index in [-0.39, 0.29) is 11.9 Å². The molecular weight excluding hydrogens is 308 g/mol. The molecule has 1 saturated heterocycles. The summed E-state index contributed by atoms with van der Waals surface area (Å²) in [6.45, 7) is 0.805. The molecule has 1 fully saturated rings. The number of nitrogen functional groups attached to an aromatic ring is 1. The van der Waals surface area contributed by atoms with Gasteiger partial charge in [0.25, 0.3) is 0 Å². The first-order valence-electron chi connectivity index (χ1n) is 8.04. The fraction of sp³-hybridized carbons (Fsp3) is 0.316. The summed E-state index contributed by atoms with van der Waals surface area (Å²) < 4.78 is 0. The van der Waals surface area contributed by atoms with Crippen molar-refractivity contribution in [3.8, 4) is 0 Å². The highest BCUT2D eigenvalue weighted by molar-refractivity contribution is 6.31. The van der Waals surface area contributed by atoms with E-state index >= 15 is 0 Å². The number of amides is 1. The van der Waals surface area contributed by atoms with Crippen LogP contribution in [0.5, 0.6) is 0 Å². The van der Waals surface area contributed by atoms with Crippen LogP contribution >= 0.6 is 11.6 Å². The number of halogens is 1. The van der Waals surface area contributed by atoms with Gasteiger partial charge in [-0.1, -0.05) is 48.0 Å². The van der Waals surface area contributed by atoms with Gasteiger partial charge in [-0.3, -0.25) is 4.79 Å². The molecular formula is C19H21ClN2O. The molecule has 0 radical (unpaired) electrons. The zero-order valence-electron chi connectivity index (χ0n) is 13.0. The molecule has 0 aromatic heterocycles. The van der Waals surface area contributed by atoms with Crippen molar-refractivity contribution in [3.63, 3.8) is 0 Å². The summed E-state index contributed by atoms with van der Waals surface area (Å²) in [5.41, 5.74) is 8.80. The number of para-hydroxylation sites is 1. The molecule has 3 nitrogen and oxygen atoms in total. The lowest BCUT2D eigenvalue weighted by Gasteiger charge is -2.26. The summed E-state index contributed by atoms with van der Waals surface area (Å²) >= 11 is 6.31. The fourth-order valence-electron chi connectivity index (χ4n) is 3.28. The van der Waals surface area contributed by atoms with Gasteiger partial charge in [-0.25, -0.2) is 0 Å². The first-order valence-corrected chi connectivity index (χ1v) is 8.42. The number of likely N-dealkylation sites (tertiary alicyclic amines) is 1. The van der Waals surface area contributed by atoms with E-state index in [1.54, 1.807) is 0 Å². The zero-order chi connectivity index (χ0) is 16.2. The van der Waals surface area contributed by atoms with E-state index in [2.05, 4.69) is 0 Å². The number of hydrogen-bond acceptors (Lipinski definition) is 2. The number of anilines is 1. The smallest absolute Gasteiger partial charge is 0.223 e. The predicted molar refractivity (Wildman–Crippen MR) is 94.3 cm³/mol. The summed E-state index contributed by atoms with van der Waals surface area (Å²) in [4.78, 5) is 14.6. The minimum absolute atomic E-state index is 0.101. The molecule has 0 bridgehead atoms. The van der Waals surface area contributed by atoms with E-state index in [4.69, 9.17) is 17.3 Å². The van der Waals surface area contributed by atoms with Crippen LogP contribution in [0.3, 0.4) is 0 Å². The van der Waals surface area contributed by atoms with Crippen molar-refractivity contribution in [2.45, 2.75) is 31.7 Å². The molecule has 1 unspecified atom stereocenters. The van der Waals surface area contributed by atoms with Crippen LogP contribution in [0.1, 0.15) is 36.4 Å². The van der Waals surface area contributed by atoms with Crippen LogP contribution in [0.2, 0.25) is 5.02 Å². The maximum atomic E-state index is 12.7. The van der Waals surface area contributed by atoms with Crippen molar-refractivity contribution in [2.24, 2.45) is 0 Å². The van der Waals surface area contributed by atoms with Crippen molar-refractivity contribution >= 4 is 23.2 Å². The van der Waals surface area contributed by atoms with E-state index in [0.29, 0.717) is 12.8 Å². The monoisotopic (exact) mass is 328 g/mol. The molecule has 23 heavy (non-hydrogen) atoms. The standard InChI is InChI=1S/C19H21ClN2O/c20-16-8-3-2-7-15(16)18-10-5-13-22(18)19(23)12-11-14-6-1-4-9-17(14)21/h1-4,6-9,18H,5,10-13,21H2. The Morgan fingerprint density at radius 2 is 1.91 bits per heavy atom. The minimum Gasteiger partial charge on any atom is -0.399 e. The molecule has 2 aromatic carbocycles. The molecule has 1 heterocycles. The first kappa shape index (κ1) is 15.9. The number of aryl methyl sites for hydroxylation is 1. The van der Waals surface area contributed by atoms with Crippen LogP contribution in [0.4, 0.5) is 5.69 Å². The first-order chi connectivity index (χ1) is 11.2. The lowest BCUT2D eigenvalue weighted by atomic mass is 10.0. The summed E-state index contributed by atoms with van der Waals surface area (Å²) in [6.07, 6.45) is 3.16. The van der Waals surface area contributed by atoms with E-state index in [0.717, 1.165) is 41.2 Å². The third kappa shape index (κ3) is 3.50. The molecule has 2 aromatic rings. The van der Waals surface area contributed by atoms with Crippen molar-refractivity contribution in [1.82, 2.24) is 4.90 Å². The Labute approximate surface area is 142 Å². The normalized spacial score (nSPS) is 17.4. The second kappa shape index (κ2) is 7.05. The number of carbonyl (C=O) groups excluding carboxylic acids is 1. The maximum Gasteiger partial charge on any atom is 0.223 e. The molecule has 1 aliphatic rings. The van der Waals surface area contributed by atoms with Gasteiger partial charge in [-0.05, 0) is 42.5 Å². The van der Waals surface area contributed by atoms with Crippen LogP contribution < -0.4 is 5.73 Å². The predicted octanol–water partition coefficient (Wildman–Crippen LogP) is 4.22. The van der Waals surface area contributed by atoms with Gasteiger partial charge in [0.1, 0.15) is 0 Å². The number of hydrogen-bond donors (Lipinski definition) is 1. The van der Waals surface area contributed by atoms with Crippen LogP contribution in [0.15, 0.2) is 48.5 Å². The number of rotatable bonds is 4. The van der Waals surface area contributed by atoms with Gasteiger partial charge in [0.15, 0.2) is 0 Å². The second-order valence-corrected chi connectivity index (χ2v) is 6.37. The zero-order valence-corrected chi connectivity index (χ0v) is 13.8. The summed E-state index contributed by atoms with van der Waals surface area (Å²) in [5, 5.41) is 0.740.